The van der Waals surface area contributed by atoms with Gasteiger partial charge < -0.3 is 24.2 Å². The average molecular weight is 519 g/mol. The first-order valence-corrected chi connectivity index (χ1v) is 13.5. The van der Waals surface area contributed by atoms with Crippen LogP contribution in [0.5, 0.6) is 0 Å². The van der Waals surface area contributed by atoms with Crippen molar-refractivity contribution in [3.8, 4) is 5.95 Å². The SMILES string of the molecule is CCc1nc2ccccc2n1-c1nc(N2CCOCC2)c2nc(C(=O)N3CCC(C(C)O)CC3)n(C)c2n1. The van der Waals surface area contributed by atoms with Gasteiger partial charge in [0, 0.05) is 39.6 Å². The lowest BCUT2D eigenvalue weighted by molar-refractivity contribution is 0.0510. The molecule has 2 aliphatic rings. The third-order valence-electron chi connectivity index (χ3n) is 7.85. The highest BCUT2D eigenvalue weighted by Crippen LogP contribution is 2.29. The fraction of sp³-hybridized carbons (Fsp3) is 0.519. The first-order valence-electron chi connectivity index (χ1n) is 13.5. The van der Waals surface area contributed by atoms with Gasteiger partial charge >= 0.3 is 0 Å². The van der Waals surface area contributed by atoms with E-state index in [1.165, 1.54) is 0 Å². The molecule has 11 heteroatoms. The minimum atomic E-state index is -0.361. The molecule has 5 heterocycles. The van der Waals surface area contributed by atoms with Crippen molar-refractivity contribution >= 4 is 33.9 Å². The lowest BCUT2D eigenvalue weighted by Gasteiger charge is -2.33. The molecule has 11 nitrogen and oxygen atoms in total. The topological polar surface area (TPSA) is 114 Å². The van der Waals surface area contributed by atoms with Crippen molar-refractivity contribution < 1.29 is 14.6 Å². The van der Waals surface area contributed by atoms with E-state index < -0.39 is 0 Å². The molecule has 1 N–H and O–H groups in total. The highest BCUT2D eigenvalue weighted by Gasteiger charge is 2.31. The van der Waals surface area contributed by atoms with E-state index in [0.29, 0.717) is 68.1 Å². The first kappa shape index (κ1) is 24.7. The molecule has 2 aliphatic heterocycles. The van der Waals surface area contributed by atoms with Crippen molar-refractivity contribution in [2.24, 2.45) is 13.0 Å². The van der Waals surface area contributed by atoms with Crippen LogP contribution < -0.4 is 4.90 Å². The molecule has 2 fully saturated rings. The second-order valence-electron chi connectivity index (χ2n) is 10.2. The number of nitrogens with zero attached hydrogens (tertiary/aromatic N) is 8. The molecule has 3 aromatic heterocycles. The zero-order chi connectivity index (χ0) is 26.4. The molecule has 1 amide bonds. The number of aromatic nitrogens is 6. The molecule has 4 aromatic rings. The third-order valence-corrected chi connectivity index (χ3v) is 7.85. The van der Waals surface area contributed by atoms with Gasteiger partial charge in [0.2, 0.25) is 11.8 Å². The molecule has 6 rings (SSSR count). The van der Waals surface area contributed by atoms with E-state index in [-0.39, 0.29) is 17.9 Å². The number of benzene rings is 1. The molecule has 1 unspecified atom stereocenters. The first-order chi connectivity index (χ1) is 18.5. The van der Waals surface area contributed by atoms with Crippen molar-refractivity contribution in [1.82, 2.24) is 34.0 Å². The van der Waals surface area contributed by atoms with Crippen LogP contribution in [0.25, 0.3) is 28.1 Å². The van der Waals surface area contributed by atoms with E-state index in [1.54, 1.807) is 4.57 Å². The molecule has 0 bridgehead atoms. The summed E-state index contributed by atoms with van der Waals surface area (Å²) in [6, 6.07) is 7.99. The summed E-state index contributed by atoms with van der Waals surface area (Å²) in [5, 5.41) is 9.97. The smallest absolute Gasteiger partial charge is 0.289 e. The van der Waals surface area contributed by atoms with E-state index >= 15 is 0 Å². The summed E-state index contributed by atoms with van der Waals surface area (Å²) in [5.41, 5.74) is 3.06. The monoisotopic (exact) mass is 518 g/mol. The molecule has 200 valence electrons. The van der Waals surface area contributed by atoms with Crippen LogP contribution in [-0.4, -0.2) is 90.5 Å². The number of hydrogen-bond donors (Lipinski definition) is 1. The number of morpholine rings is 1. The number of aliphatic hydroxyl groups excluding tert-OH is 1. The van der Waals surface area contributed by atoms with Gasteiger partial charge in [-0.1, -0.05) is 19.1 Å². The number of rotatable bonds is 5. The summed E-state index contributed by atoms with van der Waals surface area (Å²) in [6.45, 7) is 7.67. The molecule has 0 radical (unpaired) electrons. The van der Waals surface area contributed by atoms with Crippen molar-refractivity contribution in [1.29, 1.82) is 0 Å². The zero-order valence-electron chi connectivity index (χ0n) is 22.2. The molecule has 0 aliphatic carbocycles. The summed E-state index contributed by atoms with van der Waals surface area (Å²) in [5.74, 6) is 2.55. The van der Waals surface area contributed by atoms with Crippen LogP contribution in [0, 0.1) is 5.92 Å². The predicted molar refractivity (Wildman–Crippen MR) is 144 cm³/mol. The van der Waals surface area contributed by atoms with Crippen molar-refractivity contribution in [3.63, 3.8) is 0 Å². The Kier molecular flexibility index (Phi) is 6.48. The van der Waals surface area contributed by atoms with Crippen LogP contribution in [0.2, 0.25) is 0 Å². The molecule has 0 saturated carbocycles. The van der Waals surface area contributed by atoms with Crippen LogP contribution in [-0.2, 0) is 18.2 Å². The Balaban J connectivity index is 1.47. The van der Waals surface area contributed by atoms with Gasteiger partial charge in [0.1, 0.15) is 5.82 Å². The van der Waals surface area contributed by atoms with Gasteiger partial charge in [-0.2, -0.15) is 9.97 Å². The number of para-hydroxylation sites is 2. The summed E-state index contributed by atoms with van der Waals surface area (Å²) >= 11 is 0. The molecule has 38 heavy (non-hydrogen) atoms. The molecular weight excluding hydrogens is 484 g/mol. The fourth-order valence-electron chi connectivity index (χ4n) is 5.58. The van der Waals surface area contributed by atoms with Gasteiger partial charge in [-0.3, -0.25) is 9.36 Å². The van der Waals surface area contributed by atoms with Gasteiger partial charge in [-0.15, -0.1) is 0 Å². The quantitative estimate of drug-likeness (QED) is 0.428. The summed E-state index contributed by atoms with van der Waals surface area (Å²) in [4.78, 5) is 37.3. The average Bonchev–Trinajstić information content (AvgIpc) is 3.50. The number of carbonyl (C=O) groups excluding carboxylic acids is 1. The maximum Gasteiger partial charge on any atom is 0.289 e. The number of carbonyl (C=O) groups is 1. The highest BCUT2D eigenvalue weighted by atomic mass is 16.5. The number of ether oxygens (including phenoxy) is 1. The van der Waals surface area contributed by atoms with E-state index in [0.717, 1.165) is 36.1 Å². The predicted octanol–water partition coefficient (Wildman–Crippen LogP) is 2.33. The number of piperidine rings is 1. The summed E-state index contributed by atoms with van der Waals surface area (Å²) in [7, 11) is 1.84. The Morgan fingerprint density at radius 3 is 2.53 bits per heavy atom. The molecule has 1 atom stereocenters. The van der Waals surface area contributed by atoms with Crippen molar-refractivity contribution in [3.05, 3.63) is 35.9 Å². The van der Waals surface area contributed by atoms with Crippen LogP contribution in [0.15, 0.2) is 24.3 Å². The normalized spacial score (nSPS) is 18.0. The van der Waals surface area contributed by atoms with E-state index in [1.807, 2.05) is 47.7 Å². The Bertz CT molecular complexity index is 1480. The van der Waals surface area contributed by atoms with Gasteiger partial charge in [0.15, 0.2) is 17.0 Å². The minimum absolute atomic E-state index is 0.119. The van der Waals surface area contributed by atoms with E-state index in [4.69, 9.17) is 24.7 Å². The third kappa shape index (κ3) is 4.19. The Labute approximate surface area is 221 Å². The number of hydrogen-bond acceptors (Lipinski definition) is 8. The number of imidazole rings is 2. The van der Waals surface area contributed by atoms with Gasteiger partial charge in [0.25, 0.3) is 5.91 Å². The van der Waals surface area contributed by atoms with Crippen LogP contribution in [0.4, 0.5) is 5.82 Å². The maximum atomic E-state index is 13.6. The molecular formula is C27H34N8O3. The second kappa shape index (κ2) is 9.95. The summed E-state index contributed by atoms with van der Waals surface area (Å²) < 4.78 is 9.40. The van der Waals surface area contributed by atoms with Crippen LogP contribution >= 0.6 is 0 Å². The minimum Gasteiger partial charge on any atom is -0.393 e. The zero-order valence-corrected chi connectivity index (χ0v) is 22.2. The standard InChI is InChI=1S/C27H34N8O3/c1-4-21-28-19-7-5-6-8-20(19)35(21)27-30-23-22(24(31-27)33-13-15-38-16-14-33)29-25(32(23)3)26(37)34-11-9-18(10-12-34)17(2)36/h5-8,17-18,36H,4,9-16H2,1-3H3. The van der Waals surface area contributed by atoms with E-state index in [2.05, 4.69) is 11.8 Å². The summed E-state index contributed by atoms with van der Waals surface area (Å²) in [6.07, 6.45) is 1.92. The van der Waals surface area contributed by atoms with Crippen molar-refractivity contribution in [2.45, 2.75) is 39.2 Å². The number of fused-ring (bicyclic) bond motifs is 2. The number of aryl methyl sites for hydroxylation is 2. The van der Waals surface area contributed by atoms with Crippen LogP contribution in [0.1, 0.15) is 43.1 Å². The van der Waals surface area contributed by atoms with Gasteiger partial charge in [0.05, 0.1) is 30.4 Å². The number of likely N-dealkylation sites (tertiary alicyclic amines) is 1. The lowest BCUT2D eigenvalue weighted by Crippen LogP contribution is -2.41. The van der Waals surface area contributed by atoms with E-state index in [9.17, 15) is 9.90 Å². The van der Waals surface area contributed by atoms with Crippen molar-refractivity contribution in [2.75, 3.05) is 44.3 Å². The maximum absolute atomic E-state index is 13.6. The largest absolute Gasteiger partial charge is 0.393 e. The number of aliphatic hydroxyl groups is 1. The van der Waals surface area contributed by atoms with Crippen LogP contribution in [0.3, 0.4) is 0 Å². The lowest BCUT2D eigenvalue weighted by atomic mass is 9.92. The second-order valence-corrected chi connectivity index (χ2v) is 10.2. The number of amides is 1. The number of anilines is 1. The molecule has 2 saturated heterocycles. The fourth-order valence-corrected chi connectivity index (χ4v) is 5.58. The highest BCUT2D eigenvalue weighted by molar-refractivity contribution is 5.96. The molecule has 1 aromatic carbocycles. The van der Waals surface area contributed by atoms with Gasteiger partial charge in [-0.05, 0) is 37.8 Å². The Morgan fingerprint density at radius 1 is 1.08 bits per heavy atom. The Morgan fingerprint density at radius 2 is 1.82 bits per heavy atom. The van der Waals surface area contributed by atoms with Gasteiger partial charge in [-0.25, -0.2) is 9.97 Å². The molecule has 0 spiro atoms. The Hall–Kier alpha value is -3.57.